The van der Waals surface area contributed by atoms with Crippen molar-refractivity contribution in [2.45, 2.75) is 19.4 Å². The number of nitrogens with zero attached hydrogens (tertiary/aromatic N) is 2. The maximum Gasteiger partial charge on any atom is 0.178 e. The van der Waals surface area contributed by atoms with E-state index in [1.54, 1.807) is 6.07 Å². The highest BCUT2D eigenvalue weighted by molar-refractivity contribution is 7.71. The molecule has 0 amide bonds. The molecule has 19 heavy (non-hydrogen) atoms. The van der Waals surface area contributed by atoms with Crippen LogP contribution in [0.25, 0.3) is 11.0 Å². The summed E-state index contributed by atoms with van der Waals surface area (Å²) in [5.41, 5.74) is 1.53. The Balaban J connectivity index is 2.45. The molecular weight excluding hydrogens is 285 g/mol. The van der Waals surface area contributed by atoms with Crippen LogP contribution in [0.5, 0.6) is 0 Å². The number of nitrogens with one attached hydrogen (secondary N) is 1. The number of fused-ring (bicyclic) bond motifs is 1. The molecule has 1 aromatic heterocycles. The number of halogens is 2. The molecule has 3 nitrogen and oxygen atoms in total. The zero-order chi connectivity index (χ0) is 14.2. The van der Waals surface area contributed by atoms with Crippen LogP contribution in [-0.4, -0.2) is 35.1 Å². The van der Waals surface area contributed by atoms with E-state index >= 15 is 0 Å². The van der Waals surface area contributed by atoms with Crippen molar-refractivity contribution >= 4 is 34.9 Å². The normalized spacial score (nSPS) is 13.4. The van der Waals surface area contributed by atoms with E-state index in [0.717, 1.165) is 18.5 Å². The van der Waals surface area contributed by atoms with Crippen LogP contribution in [0.3, 0.4) is 0 Å². The Morgan fingerprint density at radius 1 is 1.47 bits per heavy atom. The quantitative estimate of drug-likeness (QED) is 0.863. The van der Waals surface area contributed by atoms with E-state index in [1.165, 1.54) is 6.07 Å². The van der Waals surface area contributed by atoms with Gasteiger partial charge in [0.2, 0.25) is 0 Å². The first-order valence-corrected chi connectivity index (χ1v) is 6.92. The van der Waals surface area contributed by atoms with E-state index in [1.807, 2.05) is 18.7 Å². The summed E-state index contributed by atoms with van der Waals surface area (Å²) >= 11 is 11.2. The van der Waals surface area contributed by atoms with Gasteiger partial charge in [0.1, 0.15) is 5.82 Å². The molecule has 0 aliphatic rings. The average molecular weight is 302 g/mol. The van der Waals surface area contributed by atoms with E-state index in [-0.39, 0.29) is 11.1 Å². The molecule has 0 saturated carbocycles. The second-order valence-electron chi connectivity index (χ2n) is 5.02. The van der Waals surface area contributed by atoms with Crippen molar-refractivity contribution in [3.8, 4) is 0 Å². The van der Waals surface area contributed by atoms with E-state index in [4.69, 9.17) is 23.8 Å². The van der Waals surface area contributed by atoms with E-state index in [0.29, 0.717) is 10.3 Å². The van der Waals surface area contributed by atoms with Crippen LogP contribution in [0.4, 0.5) is 4.39 Å². The minimum absolute atomic E-state index is 0.120. The maximum atomic E-state index is 13.4. The van der Waals surface area contributed by atoms with Gasteiger partial charge in [-0.25, -0.2) is 4.39 Å². The van der Waals surface area contributed by atoms with Crippen molar-refractivity contribution in [1.29, 1.82) is 0 Å². The maximum absolute atomic E-state index is 13.4. The third-order valence-electron chi connectivity index (χ3n) is 3.19. The van der Waals surface area contributed by atoms with Gasteiger partial charge in [0.05, 0.1) is 16.1 Å². The van der Waals surface area contributed by atoms with Gasteiger partial charge in [-0.3, -0.25) is 0 Å². The molecule has 0 spiro atoms. The first kappa shape index (κ1) is 14.5. The summed E-state index contributed by atoms with van der Waals surface area (Å²) in [6.45, 7) is 3.06. The number of rotatable bonds is 4. The summed E-state index contributed by atoms with van der Waals surface area (Å²) in [5.74, 6) is -0.432. The van der Waals surface area contributed by atoms with Crippen LogP contribution in [0.2, 0.25) is 5.02 Å². The molecule has 1 N–H and O–H groups in total. The van der Waals surface area contributed by atoms with Gasteiger partial charge in [-0.2, -0.15) is 0 Å². The minimum Gasteiger partial charge on any atom is -0.330 e. The summed E-state index contributed by atoms with van der Waals surface area (Å²) in [7, 11) is 4.07. The summed E-state index contributed by atoms with van der Waals surface area (Å²) < 4.78 is 16.0. The van der Waals surface area contributed by atoms with Crippen LogP contribution in [-0.2, 0) is 0 Å². The first-order chi connectivity index (χ1) is 8.90. The van der Waals surface area contributed by atoms with Gasteiger partial charge in [0.15, 0.2) is 4.77 Å². The summed E-state index contributed by atoms with van der Waals surface area (Å²) in [6.07, 6.45) is 0.962. The highest BCUT2D eigenvalue weighted by atomic mass is 35.5. The fourth-order valence-corrected chi connectivity index (χ4v) is 2.68. The van der Waals surface area contributed by atoms with Crippen molar-refractivity contribution in [3.63, 3.8) is 0 Å². The molecule has 0 radical (unpaired) electrons. The standard InChI is InChI=1S/C13H17ClFN3S/c1-8(4-5-17(2)3)18-12-6-9(14)10(15)7-11(12)16-13(18)19/h6-8H,4-5H2,1-3H3,(H,16,19). The predicted molar refractivity (Wildman–Crippen MR) is 80.0 cm³/mol. The fraction of sp³-hybridized carbons (Fsp3) is 0.462. The fourth-order valence-electron chi connectivity index (χ4n) is 2.13. The van der Waals surface area contributed by atoms with Gasteiger partial charge in [-0.15, -0.1) is 0 Å². The van der Waals surface area contributed by atoms with Crippen molar-refractivity contribution in [2.75, 3.05) is 20.6 Å². The Labute approximate surface area is 122 Å². The first-order valence-electron chi connectivity index (χ1n) is 6.14. The average Bonchev–Trinajstić information content (AvgIpc) is 2.62. The molecule has 0 aliphatic carbocycles. The molecule has 0 fully saturated rings. The minimum atomic E-state index is -0.432. The predicted octanol–water partition coefficient (Wildman–Crippen LogP) is 4.00. The molecule has 0 aliphatic heterocycles. The number of aromatic amines is 1. The molecule has 104 valence electrons. The van der Waals surface area contributed by atoms with Crippen LogP contribution in [0.15, 0.2) is 12.1 Å². The number of hydrogen-bond acceptors (Lipinski definition) is 2. The lowest BCUT2D eigenvalue weighted by molar-refractivity contribution is 0.359. The molecular formula is C13H17ClFN3S. The summed E-state index contributed by atoms with van der Waals surface area (Å²) in [5, 5.41) is 0.120. The van der Waals surface area contributed by atoms with Gasteiger partial charge < -0.3 is 14.5 Å². The van der Waals surface area contributed by atoms with E-state index < -0.39 is 5.82 Å². The topological polar surface area (TPSA) is 24.0 Å². The molecule has 6 heteroatoms. The lowest BCUT2D eigenvalue weighted by Crippen LogP contribution is -2.17. The van der Waals surface area contributed by atoms with E-state index in [2.05, 4.69) is 16.8 Å². The zero-order valence-corrected chi connectivity index (χ0v) is 12.8. The van der Waals surface area contributed by atoms with Crippen molar-refractivity contribution in [3.05, 3.63) is 27.7 Å². The summed E-state index contributed by atoms with van der Waals surface area (Å²) in [6, 6.07) is 3.25. The number of aromatic nitrogens is 2. The Bertz CT molecular complexity index is 647. The highest BCUT2D eigenvalue weighted by Crippen LogP contribution is 2.26. The van der Waals surface area contributed by atoms with Gasteiger partial charge in [-0.05, 0) is 52.3 Å². The number of H-pyrrole nitrogens is 1. The molecule has 2 aromatic rings. The Morgan fingerprint density at radius 2 is 2.16 bits per heavy atom. The molecule has 0 saturated heterocycles. The van der Waals surface area contributed by atoms with Crippen LogP contribution in [0.1, 0.15) is 19.4 Å². The van der Waals surface area contributed by atoms with Crippen molar-refractivity contribution < 1.29 is 4.39 Å². The number of benzene rings is 1. The zero-order valence-electron chi connectivity index (χ0n) is 11.2. The molecule has 2 rings (SSSR count). The number of hydrogen-bond donors (Lipinski definition) is 1. The molecule has 1 aromatic carbocycles. The summed E-state index contributed by atoms with van der Waals surface area (Å²) in [4.78, 5) is 5.16. The van der Waals surface area contributed by atoms with E-state index in [9.17, 15) is 4.39 Å². The lowest BCUT2D eigenvalue weighted by Gasteiger charge is -2.17. The monoisotopic (exact) mass is 301 g/mol. The molecule has 1 unspecified atom stereocenters. The molecule has 1 heterocycles. The SMILES string of the molecule is CC(CCN(C)C)n1c(=S)[nH]c2cc(F)c(Cl)cc21. The number of imidazole rings is 1. The van der Waals surface area contributed by atoms with Gasteiger partial charge >= 0.3 is 0 Å². The van der Waals surface area contributed by atoms with Gasteiger partial charge in [0, 0.05) is 12.1 Å². The van der Waals surface area contributed by atoms with Crippen molar-refractivity contribution in [1.82, 2.24) is 14.5 Å². The second-order valence-corrected chi connectivity index (χ2v) is 5.82. The smallest absolute Gasteiger partial charge is 0.178 e. The third kappa shape index (κ3) is 2.99. The van der Waals surface area contributed by atoms with Crippen LogP contribution in [0, 0.1) is 10.6 Å². The third-order valence-corrected chi connectivity index (χ3v) is 3.78. The molecule has 0 bridgehead atoms. The van der Waals surface area contributed by atoms with Crippen LogP contribution >= 0.6 is 23.8 Å². The Morgan fingerprint density at radius 3 is 2.79 bits per heavy atom. The largest absolute Gasteiger partial charge is 0.330 e. The van der Waals surface area contributed by atoms with Gasteiger partial charge in [-0.1, -0.05) is 11.6 Å². The Kier molecular flexibility index (Phi) is 4.28. The lowest BCUT2D eigenvalue weighted by atomic mass is 10.2. The second kappa shape index (κ2) is 5.61. The van der Waals surface area contributed by atoms with Crippen molar-refractivity contribution in [2.24, 2.45) is 0 Å². The molecule has 1 atom stereocenters. The van der Waals surface area contributed by atoms with Gasteiger partial charge in [0.25, 0.3) is 0 Å². The van der Waals surface area contributed by atoms with Crippen LogP contribution < -0.4 is 0 Å². The Hall–Kier alpha value is -0.910. The highest BCUT2D eigenvalue weighted by Gasteiger charge is 2.13.